The second-order valence-electron chi connectivity index (χ2n) is 10.7. The SMILES string of the molecule is CC(C)(O)[C@@H](c1ccccc1)N(C(=O)C1(C(N)=O)CCCCC1)[C@H](c1ccccc1)C(C)(C)O. The summed E-state index contributed by atoms with van der Waals surface area (Å²) >= 11 is 0. The zero-order valence-corrected chi connectivity index (χ0v) is 20.7. The molecule has 2 amide bonds. The molecule has 1 saturated carbocycles. The van der Waals surface area contributed by atoms with Crippen molar-refractivity contribution >= 4 is 11.8 Å². The molecule has 4 N–H and O–H groups in total. The molecule has 3 rings (SSSR count). The van der Waals surface area contributed by atoms with Crippen LogP contribution in [0.5, 0.6) is 0 Å². The summed E-state index contributed by atoms with van der Waals surface area (Å²) in [4.78, 5) is 29.0. The predicted molar refractivity (Wildman–Crippen MR) is 133 cm³/mol. The van der Waals surface area contributed by atoms with E-state index < -0.39 is 40.5 Å². The fourth-order valence-corrected chi connectivity index (χ4v) is 5.44. The van der Waals surface area contributed by atoms with Crippen LogP contribution in [-0.2, 0) is 9.59 Å². The van der Waals surface area contributed by atoms with Gasteiger partial charge in [-0.1, -0.05) is 79.9 Å². The maximum absolute atomic E-state index is 14.6. The average Bonchev–Trinajstić information content (AvgIpc) is 2.78. The molecule has 1 aliphatic carbocycles. The van der Waals surface area contributed by atoms with Crippen LogP contribution in [0.15, 0.2) is 60.7 Å². The summed E-state index contributed by atoms with van der Waals surface area (Å²) in [6.45, 7) is 6.59. The lowest BCUT2D eigenvalue weighted by Crippen LogP contribution is -2.59. The van der Waals surface area contributed by atoms with Gasteiger partial charge < -0.3 is 20.8 Å². The van der Waals surface area contributed by atoms with E-state index in [1.807, 2.05) is 60.7 Å². The number of amides is 2. The Balaban J connectivity index is 2.32. The molecule has 0 spiro atoms. The molecule has 0 aliphatic heterocycles. The highest BCUT2D eigenvalue weighted by atomic mass is 16.3. The molecule has 0 heterocycles. The molecule has 0 saturated heterocycles. The van der Waals surface area contributed by atoms with Gasteiger partial charge in [0.2, 0.25) is 11.8 Å². The van der Waals surface area contributed by atoms with E-state index in [2.05, 4.69) is 0 Å². The quantitative estimate of drug-likeness (QED) is 0.505. The van der Waals surface area contributed by atoms with Gasteiger partial charge in [-0.05, 0) is 51.7 Å². The molecule has 1 fully saturated rings. The predicted octanol–water partition coefficient (Wildman–Crippen LogP) is 4.28. The second kappa shape index (κ2) is 9.88. The van der Waals surface area contributed by atoms with Gasteiger partial charge in [0.25, 0.3) is 0 Å². The van der Waals surface area contributed by atoms with Crippen LogP contribution in [0.1, 0.15) is 83.0 Å². The van der Waals surface area contributed by atoms with Crippen LogP contribution in [0.2, 0.25) is 0 Å². The highest BCUT2D eigenvalue weighted by Crippen LogP contribution is 2.47. The standard InChI is InChI=1S/C28H38N2O4/c1-26(2,33)22(20-14-8-5-9-15-20)30(23(27(3,4)34)21-16-10-6-11-17-21)25(32)28(24(29)31)18-12-7-13-19-28/h5-6,8-11,14-17,22-23,33-34H,7,12-13,18-19H2,1-4H3,(H2,29,31)/t22-,23-/m1/s1. The molecule has 0 unspecified atom stereocenters. The Hall–Kier alpha value is -2.70. The summed E-state index contributed by atoms with van der Waals surface area (Å²) in [6, 6.07) is 16.9. The lowest BCUT2D eigenvalue weighted by Gasteiger charge is -2.50. The minimum atomic E-state index is -1.39. The molecule has 6 heteroatoms. The molecule has 0 bridgehead atoms. The maximum Gasteiger partial charge on any atom is 0.239 e. The number of nitrogens with two attached hydrogens (primary N) is 1. The Morgan fingerprint density at radius 3 is 1.50 bits per heavy atom. The number of hydrogen-bond acceptors (Lipinski definition) is 4. The van der Waals surface area contributed by atoms with Crippen molar-refractivity contribution in [3.05, 3.63) is 71.8 Å². The Morgan fingerprint density at radius 2 is 1.18 bits per heavy atom. The fraction of sp³-hybridized carbons (Fsp3) is 0.500. The van der Waals surface area contributed by atoms with Crippen LogP contribution in [0, 0.1) is 5.41 Å². The van der Waals surface area contributed by atoms with Crippen molar-refractivity contribution in [3.63, 3.8) is 0 Å². The number of rotatable bonds is 8. The van der Waals surface area contributed by atoms with Gasteiger partial charge >= 0.3 is 0 Å². The smallest absolute Gasteiger partial charge is 0.239 e. The number of primary amides is 1. The lowest BCUT2D eigenvalue weighted by molar-refractivity contribution is -0.170. The highest BCUT2D eigenvalue weighted by molar-refractivity contribution is 6.04. The Bertz CT molecular complexity index is 913. The van der Waals surface area contributed by atoms with E-state index in [1.54, 1.807) is 32.6 Å². The van der Waals surface area contributed by atoms with E-state index >= 15 is 0 Å². The van der Waals surface area contributed by atoms with E-state index in [-0.39, 0.29) is 0 Å². The van der Waals surface area contributed by atoms with Crippen molar-refractivity contribution in [1.29, 1.82) is 0 Å². The highest BCUT2D eigenvalue weighted by Gasteiger charge is 2.54. The number of nitrogens with zero attached hydrogens (tertiary/aromatic N) is 1. The van der Waals surface area contributed by atoms with E-state index in [9.17, 15) is 19.8 Å². The van der Waals surface area contributed by atoms with Crippen molar-refractivity contribution in [3.8, 4) is 0 Å². The van der Waals surface area contributed by atoms with E-state index in [1.165, 1.54) is 0 Å². The summed E-state index contributed by atoms with van der Waals surface area (Å²) < 4.78 is 0. The van der Waals surface area contributed by atoms with Crippen molar-refractivity contribution in [2.75, 3.05) is 0 Å². The van der Waals surface area contributed by atoms with E-state index in [0.29, 0.717) is 24.0 Å². The third-order valence-corrected chi connectivity index (χ3v) is 6.95. The minimum absolute atomic E-state index is 0.360. The molecule has 2 aromatic rings. The summed E-state index contributed by atoms with van der Waals surface area (Å²) in [5.41, 5.74) is 3.20. The number of carbonyl (C=O) groups is 2. The third kappa shape index (κ3) is 5.18. The summed E-state index contributed by atoms with van der Waals surface area (Å²) in [5.74, 6) is -1.08. The van der Waals surface area contributed by atoms with Gasteiger partial charge in [0, 0.05) is 0 Å². The zero-order chi connectivity index (χ0) is 25.1. The van der Waals surface area contributed by atoms with E-state index in [4.69, 9.17) is 5.73 Å². The number of aliphatic hydroxyl groups is 2. The number of benzene rings is 2. The molecule has 1 aliphatic rings. The first-order valence-corrected chi connectivity index (χ1v) is 12.1. The first kappa shape index (κ1) is 25.9. The van der Waals surface area contributed by atoms with E-state index in [0.717, 1.165) is 19.3 Å². The van der Waals surface area contributed by atoms with Crippen molar-refractivity contribution in [1.82, 2.24) is 4.90 Å². The Morgan fingerprint density at radius 1 is 0.794 bits per heavy atom. The maximum atomic E-state index is 14.6. The molecule has 0 radical (unpaired) electrons. The molecule has 6 nitrogen and oxygen atoms in total. The summed E-state index contributed by atoms with van der Waals surface area (Å²) in [7, 11) is 0. The monoisotopic (exact) mass is 466 g/mol. The molecule has 2 aromatic carbocycles. The lowest BCUT2D eigenvalue weighted by atomic mass is 9.70. The third-order valence-electron chi connectivity index (χ3n) is 6.95. The fourth-order valence-electron chi connectivity index (χ4n) is 5.44. The normalized spacial score (nSPS) is 18.1. The minimum Gasteiger partial charge on any atom is -0.388 e. The topological polar surface area (TPSA) is 104 Å². The number of hydrogen-bond donors (Lipinski definition) is 3. The Kier molecular flexibility index (Phi) is 7.53. The van der Waals surface area contributed by atoms with Crippen molar-refractivity contribution in [2.45, 2.75) is 83.1 Å². The summed E-state index contributed by atoms with van der Waals surface area (Å²) in [6.07, 6.45) is 3.10. The summed E-state index contributed by atoms with van der Waals surface area (Å²) in [5, 5.41) is 22.9. The Labute approximate surface area is 202 Å². The second-order valence-corrected chi connectivity index (χ2v) is 10.7. The number of carbonyl (C=O) groups excluding carboxylic acids is 2. The van der Waals surface area contributed by atoms with Crippen LogP contribution >= 0.6 is 0 Å². The first-order valence-electron chi connectivity index (χ1n) is 12.1. The molecular formula is C28H38N2O4. The van der Waals surface area contributed by atoms with Crippen molar-refractivity contribution < 1.29 is 19.8 Å². The van der Waals surface area contributed by atoms with Crippen LogP contribution in [0.3, 0.4) is 0 Å². The molecule has 2 atom stereocenters. The van der Waals surface area contributed by atoms with Crippen LogP contribution in [-0.4, -0.2) is 38.1 Å². The largest absolute Gasteiger partial charge is 0.388 e. The van der Waals surface area contributed by atoms with Crippen LogP contribution < -0.4 is 5.73 Å². The van der Waals surface area contributed by atoms with Crippen LogP contribution in [0.4, 0.5) is 0 Å². The van der Waals surface area contributed by atoms with Gasteiger partial charge in [-0.3, -0.25) is 9.59 Å². The molecule has 34 heavy (non-hydrogen) atoms. The molecule has 184 valence electrons. The van der Waals surface area contributed by atoms with Crippen molar-refractivity contribution in [2.24, 2.45) is 11.1 Å². The van der Waals surface area contributed by atoms with Gasteiger partial charge in [-0.15, -0.1) is 0 Å². The van der Waals surface area contributed by atoms with Gasteiger partial charge in [0.1, 0.15) is 5.41 Å². The molecule has 0 aromatic heterocycles. The van der Waals surface area contributed by atoms with Crippen LogP contribution in [0.25, 0.3) is 0 Å². The molecular weight excluding hydrogens is 428 g/mol. The van der Waals surface area contributed by atoms with Gasteiger partial charge in [0.05, 0.1) is 23.3 Å². The first-order chi connectivity index (χ1) is 15.9. The van der Waals surface area contributed by atoms with Gasteiger partial charge in [0.15, 0.2) is 0 Å². The zero-order valence-electron chi connectivity index (χ0n) is 20.7. The van der Waals surface area contributed by atoms with Gasteiger partial charge in [-0.25, -0.2) is 0 Å². The average molecular weight is 467 g/mol. The van der Waals surface area contributed by atoms with Gasteiger partial charge in [-0.2, -0.15) is 0 Å².